The maximum atomic E-state index is 12.2. The molecule has 174 valence electrons. The van der Waals surface area contributed by atoms with E-state index >= 15 is 0 Å². The third-order valence-corrected chi connectivity index (χ3v) is 5.03. The zero-order valence-corrected chi connectivity index (χ0v) is 19.0. The first-order valence-corrected chi connectivity index (χ1v) is 11.4. The van der Waals surface area contributed by atoms with E-state index in [1.165, 1.54) is 12.8 Å². The number of rotatable bonds is 15. The number of hydrogen-bond acceptors (Lipinski definition) is 5. The van der Waals surface area contributed by atoms with Crippen molar-refractivity contribution in [2.24, 2.45) is 0 Å². The number of nitrogens with two attached hydrogens (primary N) is 1. The van der Waals surface area contributed by atoms with Crippen LogP contribution in [0.4, 0.5) is 5.69 Å². The molecular formula is C25H36N4O3. The first kappa shape index (κ1) is 25.4. The van der Waals surface area contributed by atoms with Crippen LogP contribution in [-0.2, 0) is 11.3 Å². The molecule has 2 amide bonds. The predicted octanol–water partition coefficient (Wildman–Crippen LogP) is 3.81. The summed E-state index contributed by atoms with van der Waals surface area (Å²) in [7, 11) is 0. The Bertz CT molecular complexity index is 807. The third-order valence-electron chi connectivity index (χ3n) is 5.03. The average molecular weight is 441 g/mol. The topological polar surface area (TPSA) is 105 Å². The van der Waals surface area contributed by atoms with Crippen molar-refractivity contribution >= 4 is 17.5 Å². The molecule has 0 aliphatic carbocycles. The van der Waals surface area contributed by atoms with Gasteiger partial charge in [-0.25, -0.2) is 5.43 Å². The van der Waals surface area contributed by atoms with E-state index in [0.29, 0.717) is 23.4 Å². The maximum Gasteiger partial charge on any atom is 0.265 e. The number of unbranched alkanes of at least 4 members (excludes halogenated alkanes) is 4. The normalized spacial score (nSPS) is 10.7. The van der Waals surface area contributed by atoms with E-state index < -0.39 is 0 Å². The molecule has 0 unspecified atom stereocenters. The van der Waals surface area contributed by atoms with Crippen molar-refractivity contribution < 1.29 is 14.3 Å². The Hall–Kier alpha value is -2.90. The fourth-order valence-electron chi connectivity index (χ4n) is 3.06. The lowest BCUT2D eigenvalue weighted by molar-refractivity contribution is 0.0928. The van der Waals surface area contributed by atoms with Crippen molar-refractivity contribution in [3.8, 4) is 0 Å². The Balaban J connectivity index is 1.57. The molecule has 0 saturated heterocycles. The molecule has 32 heavy (non-hydrogen) atoms. The van der Waals surface area contributed by atoms with E-state index in [1.807, 2.05) is 12.1 Å². The highest BCUT2D eigenvalue weighted by Crippen LogP contribution is 2.07. The summed E-state index contributed by atoms with van der Waals surface area (Å²) >= 11 is 0. The van der Waals surface area contributed by atoms with Gasteiger partial charge in [0, 0.05) is 43.1 Å². The second kappa shape index (κ2) is 15.0. The Kier molecular flexibility index (Phi) is 11.9. The zero-order chi connectivity index (χ0) is 23.0. The zero-order valence-electron chi connectivity index (χ0n) is 19.0. The van der Waals surface area contributed by atoms with Crippen LogP contribution in [0.2, 0.25) is 0 Å². The minimum Gasteiger partial charge on any atom is -0.399 e. The second-order valence-corrected chi connectivity index (χ2v) is 7.76. The van der Waals surface area contributed by atoms with Gasteiger partial charge in [-0.15, -0.1) is 0 Å². The lowest BCUT2D eigenvalue weighted by Gasteiger charge is -2.09. The molecule has 0 fully saturated rings. The quantitative estimate of drug-likeness (QED) is 0.191. The molecule has 0 saturated carbocycles. The number of hydrazine groups is 1. The minimum atomic E-state index is -0.179. The molecule has 0 aromatic heterocycles. The molecule has 5 N–H and O–H groups in total. The van der Waals surface area contributed by atoms with Gasteiger partial charge in [0.25, 0.3) is 11.8 Å². The molecule has 2 aromatic rings. The third kappa shape index (κ3) is 9.94. The predicted molar refractivity (Wildman–Crippen MR) is 128 cm³/mol. The molecule has 0 aliphatic heterocycles. The Morgan fingerprint density at radius 1 is 0.812 bits per heavy atom. The van der Waals surface area contributed by atoms with Crippen LogP contribution in [0.5, 0.6) is 0 Å². The molecule has 7 nitrogen and oxygen atoms in total. The standard InChI is InChI=1S/C25H36N4O3/c1-2-3-6-17-32-18-7-4-5-16-28-29-25(31)22-10-8-20(9-11-22)19-27-24(30)21-12-14-23(26)15-13-21/h8-15,28H,2-7,16-19,26H2,1H3,(H,27,30)(H,29,31). The van der Waals surface area contributed by atoms with E-state index in [9.17, 15) is 9.59 Å². The van der Waals surface area contributed by atoms with Crippen molar-refractivity contribution in [1.82, 2.24) is 16.2 Å². The molecule has 0 atom stereocenters. The van der Waals surface area contributed by atoms with Gasteiger partial charge < -0.3 is 15.8 Å². The number of nitrogen functional groups attached to an aromatic ring is 1. The fraction of sp³-hybridized carbons (Fsp3) is 0.440. The van der Waals surface area contributed by atoms with Gasteiger partial charge in [0.1, 0.15) is 0 Å². The highest BCUT2D eigenvalue weighted by atomic mass is 16.5. The van der Waals surface area contributed by atoms with E-state index in [1.54, 1.807) is 36.4 Å². The van der Waals surface area contributed by atoms with Gasteiger partial charge in [0.15, 0.2) is 0 Å². The molecule has 7 heteroatoms. The summed E-state index contributed by atoms with van der Waals surface area (Å²) in [6, 6.07) is 13.9. The fourth-order valence-corrected chi connectivity index (χ4v) is 3.06. The first-order valence-electron chi connectivity index (χ1n) is 11.4. The van der Waals surface area contributed by atoms with Crippen molar-refractivity contribution in [2.75, 3.05) is 25.5 Å². The van der Waals surface area contributed by atoms with E-state index in [0.717, 1.165) is 51.0 Å². The second-order valence-electron chi connectivity index (χ2n) is 7.76. The number of carbonyl (C=O) groups is 2. The van der Waals surface area contributed by atoms with Crippen LogP contribution >= 0.6 is 0 Å². The lowest BCUT2D eigenvalue weighted by Crippen LogP contribution is -2.37. The van der Waals surface area contributed by atoms with Crippen LogP contribution in [0.1, 0.15) is 71.7 Å². The molecule has 2 rings (SSSR count). The molecule has 0 aliphatic rings. The number of amides is 2. The molecule has 0 spiro atoms. The smallest absolute Gasteiger partial charge is 0.265 e. The van der Waals surface area contributed by atoms with Crippen LogP contribution in [-0.4, -0.2) is 31.6 Å². The van der Waals surface area contributed by atoms with Crippen LogP contribution in [0.25, 0.3) is 0 Å². The Labute approximate surface area is 191 Å². The summed E-state index contributed by atoms with van der Waals surface area (Å²) < 4.78 is 5.59. The van der Waals surface area contributed by atoms with Gasteiger partial charge >= 0.3 is 0 Å². The number of carbonyl (C=O) groups excluding carboxylic acids is 2. The largest absolute Gasteiger partial charge is 0.399 e. The van der Waals surface area contributed by atoms with Gasteiger partial charge in [-0.3, -0.25) is 15.0 Å². The van der Waals surface area contributed by atoms with Crippen molar-refractivity contribution in [1.29, 1.82) is 0 Å². The Morgan fingerprint density at radius 2 is 1.44 bits per heavy atom. The summed E-state index contributed by atoms with van der Waals surface area (Å²) in [5.41, 5.74) is 14.0. The van der Waals surface area contributed by atoms with Gasteiger partial charge in [0.05, 0.1) is 0 Å². The molecular weight excluding hydrogens is 404 g/mol. The van der Waals surface area contributed by atoms with Crippen molar-refractivity contribution in [3.63, 3.8) is 0 Å². The first-order chi connectivity index (χ1) is 15.6. The summed E-state index contributed by atoms with van der Waals surface area (Å²) in [4.78, 5) is 24.4. The van der Waals surface area contributed by atoms with Crippen molar-refractivity contribution in [2.45, 2.75) is 52.0 Å². The molecule has 0 heterocycles. The highest BCUT2D eigenvalue weighted by molar-refractivity contribution is 5.95. The van der Waals surface area contributed by atoms with Gasteiger partial charge in [-0.2, -0.15) is 0 Å². The van der Waals surface area contributed by atoms with Crippen LogP contribution in [0.3, 0.4) is 0 Å². The molecule has 0 radical (unpaired) electrons. The van der Waals surface area contributed by atoms with Crippen LogP contribution in [0.15, 0.2) is 48.5 Å². The monoisotopic (exact) mass is 440 g/mol. The summed E-state index contributed by atoms with van der Waals surface area (Å²) in [5, 5.41) is 2.86. The number of benzene rings is 2. The van der Waals surface area contributed by atoms with E-state index in [2.05, 4.69) is 23.1 Å². The molecule has 2 aromatic carbocycles. The van der Waals surface area contributed by atoms with Gasteiger partial charge in [-0.05, 0) is 67.6 Å². The van der Waals surface area contributed by atoms with Gasteiger partial charge in [0.2, 0.25) is 0 Å². The summed E-state index contributed by atoms with van der Waals surface area (Å²) in [5.74, 6) is -0.346. The number of anilines is 1. The highest BCUT2D eigenvalue weighted by Gasteiger charge is 2.07. The summed E-state index contributed by atoms with van der Waals surface area (Å²) in [6.45, 7) is 4.95. The number of hydrogen-bond donors (Lipinski definition) is 4. The number of ether oxygens (including phenoxy) is 1. The van der Waals surface area contributed by atoms with E-state index in [-0.39, 0.29) is 11.8 Å². The van der Waals surface area contributed by atoms with Crippen molar-refractivity contribution in [3.05, 3.63) is 65.2 Å². The lowest BCUT2D eigenvalue weighted by atomic mass is 10.1. The summed E-state index contributed by atoms with van der Waals surface area (Å²) in [6.07, 6.45) is 6.67. The maximum absolute atomic E-state index is 12.2. The van der Waals surface area contributed by atoms with E-state index in [4.69, 9.17) is 10.5 Å². The van der Waals surface area contributed by atoms with Crippen LogP contribution in [0, 0.1) is 0 Å². The van der Waals surface area contributed by atoms with Crippen LogP contribution < -0.4 is 21.9 Å². The Morgan fingerprint density at radius 3 is 2.12 bits per heavy atom. The SMILES string of the molecule is CCCCCOCCCCCNNC(=O)c1ccc(CNC(=O)c2ccc(N)cc2)cc1. The molecule has 0 bridgehead atoms. The van der Waals surface area contributed by atoms with Gasteiger partial charge in [-0.1, -0.05) is 31.9 Å². The average Bonchev–Trinajstić information content (AvgIpc) is 2.81. The number of nitrogens with one attached hydrogen (secondary N) is 3. The minimum absolute atomic E-state index is 0.168.